The average Bonchev–Trinajstić information content (AvgIpc) is 3.87. The summed E-state index contributed by atoms with van der Waals surface area (Å²) in [6, 6.07) is 70.6. The molecule has 11 aromatic rings. The quantitative estimate of drug-likeness (QED) is 0.123. The minimum Gasteiger partial charge on any atom is -0.0617 e. The molecule has 0 bridgehead atoms. The molecule has 0 saturated heterocycles. The Morgan fingerprint density at radius 1 is 0.418 bits per heavy atom. The molecule has 2 aromatic heterocycles. The van der Waals surface area contributed by atoms with Gasteiger partial charge >= 0.3 is 270 Å². The Labute approximate surface area is 329 Å². The van der Waals surface area contributed by atoms with Crippen LogP contribution in [0.15, 0.2) is 194 Å². The van der Waals surface area contributed by atoms with E-state index in [2.05, 4.69) is 199 Å². The first kappa shape index (κ1) is 32.2. The number of thiazole rings is 1. The number of fused-ring (bicyclic) bond motifs is 9. The van der Waals surface area contributed by atoms with Crippen LogP contribution < -0.4 is 4.90 Å². The summed E-state index contributed by atoms with van der Waals surface area (Å²) in [5.74, 6) is 0. The van der Waals surface area contributed by atoms with Crippen molar-refractivity contribution in [1.29, 1.82) is 0 Å². The normalized spacial score (nSPS) is 11.6. The van der Waals surface area contributed by atoms with E-state index in [1.165, 1.54) is 78.9 Å². The number of anilines is 3. The van der Waals surface area contributed by atoms with Gasteiger partial charge in [0.25, 0.3) is 0 Å². The van der Waals surface area contributed by atoms with Crippen molar-refractivity contribution in [2.24, 2.45) is 0 Å². The molecular formula is C51H32N2SSe. The van der Waals surface area contributed by atoms with E-state index in [1.54, 1.807) is 11.3 Å². The van der Waals surface area contributed by atoms with Crippen LogP contribution in [0.25, 0.3) is 83.9 Å². The van der Waals surface area contributed by atoms with Gasteiger partial charge in [-0.15, -0.1) is 0 Å². The molecule has 4 heteroatoms. The summed E-state index contributed by atoms with van der Waals surface area (Å²) in [6.07, 6.45) is 0. The summed E-state index contributed by atoms with van der Waals surface area (Å²) in [7, 11) is 0. The molecule has 0 unspecified atom stereocenters. The molecule has 2 heterocycles. The van der Waals surface area contributed by atoms with Crippen LogP contribution in [0.1, 0.15) is 0 Å². The van der Waals surface area contributed by atoms with Crippen LogP contribution in [0, 0.1) is 0 Å². The maximum absolute atomic E-state index is 5.25. The second-order valence-electron chi connectivity index (χ2n) is 14.0. The molecule has 11 rings (SSSR count). The van der Waals surface area contributed by atoms with Gasteiger partial charge in [-0.25, -0.2) is 0 Å². The molecule has 2 nitrogen and oxygen atoms in total. The van der Waals surface area contributed by atoms with Crippen molar-refractivity contribution in [3.8, 4) is 32.8 Å². The Bertz CT molecular complexity index is 3120. The minimum atomic E-state index is 0.173. The van der Waals surface area contributed by atoms with Crippen LogP contribution in [-0.4, -0.2) is 19.5 Å². The third-order valence-corrected chi connectivity index (χ3v) is 14.2. The molecule has 258 valence electrons. The van der Waals surface area contributed by atoms with Crippen LogP contribution in [-0.2, 0) is 0 Å². The van der Waals surface area contributed by atoms with Gasteiger partial charge in [-0.1, -0.05) is 60.7 Å². The van der Waals surface area contributed by atoms with E-state index >= 15 is 0 Å². The molecule has 9 aromatic carbocycles. The van der Waals surface area contributed by atoms with E-state index in [-0.39, 0.29) is 14.5 Å². The van der Waals surface area contributed by atoms with Crippen molar-refractivity contribution in [1.82, 2.24) is 4.98 Å². The Morgan fingerprint density at radius 3 is 1.65 bits per heavy atom. The molecule has 0 spiro atoms. The van der Waals surface area contributed by atoms with Gasteiger partial charge < -0.3 is 0 Å². The summed E-state index contributed by atoms with van der Waals surface area (Å²) in [6.45, 7) is 0. The number of hydrogen-bond acceptors (Lipinski definition) is 3. The molecular weight excluding hydrogens is 752 g/mol. The Balaban J connectivity index is 1.10. The fourth-order valence-electron chi connectivity index (χ4n) is 8.06. The van der Waals surface area contributed by atoms with Crippen LogP contribution in [0.2, 0.25) is 0 Å². The number of rotatable bonds is 6. The standard InChI is InChI=1S/C51H32N2SSe/c1-4-12-33(13-5-1)37-18-10-20-40(30-37)53(41-21-11-19-38(31-41)34-14-6-2-7-15-34)42-25-26-43-39(32-42)23-22-35-24-29-46-48(47(35)43)44-27-28-45-49(50(44)55-46)52-51(54-45)36-16-8-3-9-17-36/h1-32H. The van der Waals surface area contributed by atoms with Gasteiger partial charge in [-0.3, -0.25) is 0 Å². The summed E-state index contributed by atoms with van der Waals surface area (Å²) in [5.41, 5.74) is 10.5. The van der Waals surface area contributed by atoms with Gasteiger partial charge in [-0.05, 0) is 0 Å². The number of hydrogen-bond donors (Lipinski definition) is 0. The molecule has 0 atom stereocenters. The predicted octanol–water partition coefficient (Wildman–Crippen LogP) is 14.4. The van der Waals surface area contributed by atoms with E-state index in [1.807, 2.05) is 0 Å². The Kier molecular flexibility index (Phi) is 7.74. The smallest absolute Gasteiger partial charge is 0.0544 e. The molecule has 0 aliphatic rings. The SMILES string of the molecule is c1ccc(-c2cccc(N(c3cccc(-c4ccccc4)c3)c3ccc4c(ccc5ccc6[se]c7c(ccc8sc(-c9ccccc9)nc87)c6c54)c3)c2)cc1. The second-order valence-corrected chi connectivity index (χ2v) is 17.2. The summed E-state index contributed by atoms with van der Waals surface area (Å²) in [5, 5.41) is 8.92. The van der Waals surface area contributed by atoms with Crippen molar-refractivity contribution >= 4 is 94.0 Å². The van der Waals surface area contributed by atoms with Gasteiger partial charge in [0.15, 0.2) is 0 Å². The number of benzene rings is 9. The molecule has 0 amide bonds. The second kappa shape index (κ2) is 13.2. The molecule has 0 saturated carbocycles. The Hall–Kier alpha value is -6.29. The van der Waals surface area contributed by atoms with E-state index in [0.29, 0.717) is 0 Å². The average molecular weight is 784 g/mol. The summed E-state index contributed by atoms with van der Waals surface area (Å²) < 4.78 is 4.10. The molecule has 0 radical (unpaired) electrons. The van der Waals surface area contributed by atoms with Crippen molar-refractivity contribution in [2.45, 2.75) is 0 Å². The summed E-state index contributed by atoms with van der Waals surface area (Å²) >= 11 is 1.97. The zero-order valence-corrected chi connectivity index (χ0v) is 32.2. The van der Waals surface area contributed by atoms with Gasteiger partial charge in [0, 0.05) is 0 Å². The van der Waals surface area contributed by atoms with Crippen molar-refractivity contribution < 1.29 is 0 Å². The largest absolute Gasteiger partial charge is 0.0617 e. The van der Waals surface area contributed by atoms with E-state index in [4.69, 9.17) is 4.98 Å². The zero-order chi connectivity index (χ0) is 36.3. The first-order valence-corrected chi connectivity index (χ1v) is 21.1. The van der Waals surface area contributed by atoms with Gasteiger partial charge in [0.2, 0.25) is 0 Å². The first-order chi connectivity index (χ1) is 27.2. The van der Waals surface area contributed by atoms with Gasteiger partial charge in [0.1, 0.15) is 0 Å². The van der Waals surface area contributed by atoms with E-state index < -0.39 is 0 Å². The van der Waals surface area contributed by atoms with Crippen molar-refractivity contribution in [3.05, 3.63) is 194 Å². The molecule has 55 heavy (non-hydrogen) atoms. The zero-order valence-electron chi connectivity index (χ0n) is 29.7. The fourth-order valence-corrected chi connectivity index (χ4v) is 11.7. The topological polar surface area (TPSA) is 16.1 Å². The monoisotopic (exact) mass is 784 g/mol. The maximum atomic E-state index is 5.25. The van der Waals surface area contributed by atoms with E-state index in [9.17, 15) is 0 Å². The maximum Gasteiger partial charge on any atom is -0.0544 e. The van der Waals surface area contributed by atoms with Crippen molar-refractivity contribution in [3.63, 3.8) is 0 Å². The Morgan fingerprint density at radius 2 is 0.982 bits per heavy atom. The minimum absolute atomic E-state index is 0.173. The third-order valence-electron chi connectivity index (χ3n) is 10.6. The van der Waals surface area contributed by atoms with Crippen LogP contribution in [0.3, 0.4) is 0 Å². The van der Waals surface area contributed by atoms with Crippen molar-refractivity contribution in [2.75, 3.05) is 4.90 Å². The molecule has 0 aliphatic carbocycles. The van der Waals surface area contributed by atoms with E-state index in [0.717, 1.165) is 22.1 Å². The van der Waals surface area contributed by atoms with Crippen LogP contribution >= 0.6 is 11.3 Å². The van der Waals surface area contributed by atoms with Crippen LogP contribution in [0.5, 0.6) is 0 Å². The van der Waals surface area contributed by atoms with Gasteiger partial charge in [0.05, 0.1) is 0 Å². The third kappa shape index (κ3) is 5.58. The first-order valence-electron chi connectivity index (χ1n) is 18.5. The predicted molar refractivity (Wildman–Crippen MR) is 238 cm³/mol. The molecule has 0 N–H and O–H groups in total. The number of nitrogens with zero attached hydrogens (tertiary/aromatic N) is 2. The summed E-state index contributed by atoms with van der Waals surface area (Å²) in [4.78, 5) is 7.65. The molecule has 0 aliphatic heterocycles. The molecule has 0 fully saturated rings. The van der Waals surface area contributed by atoms with Gasteiger partial charge in [-0.2, -0.15) is 0 Å². The fraction of sp³-hybridized carbons (Fsp3) is 0. The number of aromatic nitrogens is 1. The van der Waals surface area contributed by atoms with Crippen LogP contribution in [0.4, 0.5) is 17.1 Å².